The van der Waals surface area contributed by atoms with Gasteiger partial charge in [-0.25, -0.2) is 4.79 Å². The van der Waals surface area contributed by atoms with E-state index in [-0.39, 0.29) is 5.92 Å². The van der Waals surface area contributed by atoms with Crippen LogP contribution in [0.25, 0.3) is 0 Å². The summed E-state index contributed by atoms with van der Waals surface area (Å²) in [5, 5.41) is 3.37. The van der Waals surface area contributed by atoms with Gasteiger partial charge in [0, 0.05) is 5.92 Å². The Morgan fingerprint density at radius 3 is 2.73 bits per heavy atom. The quantitative estimate of drug-likeness (QED) is 0.709. The molecule has 1 atom stereocenters. The molecular weight excluding hydrogens is 350 g/mol. The molecule has 140 valence electrons. The van der Waals surface area contributed by atoms with E-state index in [0.717, 1.165) is 25.0 Å². The average Bonchev–Trinajstić information content (AvgIpc) is 2.96. The van der Waals surface area contributed by atoms with E-state index >= 15 is 0 Å². The molecule has 0 saturated heterocycles. The Balaban J connectivity index is 1.63. The lowest BCUT2D eigenvalue weighted by Crippen LogP contribution is -2.33. The standard InChI is InChI=1S/C21H26ClNO3/c1-13-5-7-14(8-6-13)15-9-16-10-17(25-19(16)18(22)11-15)12-23-20(24)26-21(2,3)4/h5,7,10-11,16H,6,8-9,12H2,1-4H3,(H,23,24). The second-order valence-corrected chi connectivity index (χ2v) is 8.39. The third kappa shape index (κ3) is 4.61. The molecule has 1 heterocycles. The molecule has 0 aromatic carbocycles. The van der Waals surface area contributed by atoms with Crippen molar-refractivity contribution in [2.45, 2.75) is 52.6 Å². The average molecular weight is 376 g/mol. The SMILES string of the molecule is CC1=CC=C(C2=CC(Cl)=C3OC(CNC(=O)OC(C)(C)C)=CC3C2)CC1. The molecule has 2 aliphatic carbocycles. The maximum Gasteiger partial charge on any atom is 0.408 e. The van der Waals surface area contributed by atoms with Crippen molar-refractivity contribution in [1.82, 2.24) is 5.32 Å². The number of ether oxygens (including phenoxy) is 2. The third-order valence-corrected chi connectivity index (χ3v) is 4.81. The van der Waals surface area contributed by atoms with E-state index in [4.69, 9.17) is 21.1 Å². The number of nitrogens with one attached hydrogen (secondary N) is 1. The minimum atomic E-state index is -0.520. The van der Waals surface area contributed by atoms with Gasteiger partial charge in [-0.1, -0.05) is 29.3 Å². The lowest BCUT2D eigenvalue weighted by atomic mass is 9.85. The summed E-state index contributed by atoms with van der Waals surface area (Å²) in [6.07, 6.45) is 11.0. The van der Waals surface area contributed by atoms with E-state index < -0.39 is 11.7 Å². The molecule has 0 aromatic heterocycles. The van der Waals surface area contributed by atoms with Gasteiger partial charge in [0.2, 0.25) is 0 Å². The van der Waals surface area contributed by atoms with E-state index in [1.807, 2.05) is 32.9 Å². The van der Waals surface area contributed by atoms with Crippen LogP contribution in [-0.4, -0.2) is 18.2 Å². The maximum absolute atomic E-state index is 11.8. The van der Waals surface area contributed by atoms with Gasteiger partial charge in [-0.3, -0.25) is 0 Å². The number of hydrogen-bond donors (Lipinski definition) is 1. The topological polar surface area (TPSA) is 47.6 Å². The number of alkyl carbamates (subject to hydrolysis) is 1. The molecule has 26 heavy (non-hydrogen) atoms. The fourth-order valence-electron chi connectivity index (χ4n) is 3.25. The highest BCUT2D eigenvalue weighted by Crippen LogP contribution is 2.42. The Hall–Kier alpha value is -1.94. The second-order valence-electron chi connectivity index (χ2n) is 7.99. The van der Waals surface area contributed by atoms with Crippen LogP contribution in [0.4, 0.5) is 4.79 Å². The lowest BCUT2D eigenvalue weighted by molar-refractivity contribution is 0.0526. The number of hydrogen-bond acceptors (Lipinski definition) is 3. The molecule has 0 radical (unpaired) electrons. The van der Waals surface area contributed by atoms with Crippen molar-refractivity contribution in [2.75, 3.05) is 6.54 Å². The third-order valence-electron chi connectivity index (χ3n) is 4.52. The van der Waals surface area contributed by atoms with Crippen LogP contribution in [0.1, 0.15) is 47.0 Å². The van der Waals surface area contributed by atoms with Crippen LogP contribution in [0.15, 0.2) is 57.6 Å². The zero-order valence-corrected chi connectivity index (χ0v) is 16.6. The monoisotopic (exact) mass is 375 g/mol. The fraction of sp³-hybridized carbons (Fsp3) is 0.476. The molecule has 1 unspecified atom stereocenters. The zero-order chi connectivity index (χ0) is 18.9. The van der Waals surface area contributed by atoms with Gasteiger partial charge in [0.15, 0.2) is 0 Å². The van der Waals surface area contributed by atoms with Crippen molar-refractivity contribution in [2.24, 2.45) is 5.92 Å². The summed E-state index contributed by atoms with van der Waals surface area (Å²) in [6.45, 7) is 7.95. The Morgan fingerprint density at radius 1 is 1.31 bits per heavy atom. The minimum Gasteiger partial charge on any atom is -0.462 e. The molecule has 1 N–H and O–H groups in total. The number of amides is 1. The van der Waals surface area contributed by atoms with Crippen LogP contribution in [-0.2, 0) is 9.47 Å². The summed E-state index contributed by atoms with van der Waals surface area (Å²) in [7, 11) is 0. The van der Waals surface area contributed by atoms with E-state index in [1.54, 1.807) is 0 Å². The van der Waals surface area contributed by atoms with Crippen LogP contribution < -0.4 is 5.32 Å². The Bertz CT molecular complexity index is 763. The number of halogens is 1. The molecule has 4 nitrogen and oxygen atoms in total. The number of carbonyl (C=O) groups is 1. The second kappa shape index (κ2) is 7.36. The van der Waals surface area contributed by atoms with Gasteiger partial charge in [0.05, 0.1) is 11.6 Å². The molecule has 1 amide bonds. The van der Waals surface area contributed by atoms with Crippen molar-refractivity contribution in [3.63, 3.8) is 0 Å². The molecule has 3 aliphatic rings. The number of fused-ring (bicyclic) bond motifs is 1. The maximum atomic E-state index is 11.8. The van der Waals surface area contributed by atoms with Gasteiger partial charge in [-0.05, 0) is 70.3 Å². The highest BCUT2D eigenvalue weighted by molar-refractivity contribution is 6.31. The van der Waals surface area contributed by atoms with Crippen molar-refractivity contribution < 1.29 is 14.3 Å². The summed E-state index contributed by atoms with van der Waals surface area (Å²) in [5.41, 5.74) is 3.51. The minimum absolute atomic E-state index is 0.130. The molecule has 0 fully saturated rings. The van der Waals surface area contributed by atoms with Gasteiger partial charge < -0.3 is 14.8 Å². The molecule has 5 heteroatoms. The van der Waals surface area contributed by atoms with Crippen molar-refractivity contribution in [3.8, 4) is 0 Å². The van der Waals surface area contributed by atoms with Crippen LogP contribution >= 0.6 is 11.6 Å². The largest absolute Gasteiger partial charge is 0.462 e. The van der Waals surface area contributed by atoms with E-state index in [0.29, 0.717) is 17.3 Å². The summed E-state index contributed by atoms with van der Waals surface area (Å²) < 4.78 is 11.1. The predicted octanol–water partition coefficient (Wildman–Crippen LogP) is 5.49. The predicted molar refractivity (Wildman–Crippen MR) is 104 cm³/mol. The molecule has 1 aliphatic heterocycles. The van der Waals surface area contributed by atoms with Crippen LogP contribution in [0.2, 0.25) is 0 Å². The molecular formula is C21H26ClNO3. The van der Waals surface area contributed by atoms with Gasteiger partial charge in [0.25, 0.3) is 0 Å². The molecule has 0 bridgehead atoms. The normalized spacial score (nSPS) is 22.6. The number of rotatable bonds is 3. The lowest BCUT2D eigenvalue weighted by Gasteiger charge is -2.22. The van der Waals surface area contributed by atoms with Crippen molar-refractivity contribution in [3.05, 3.63) is 57.6 Å². The first kappa shape index (κ1) is 18.8. The van der Waals surface area contributed by atoms with Gasteiger partial charge >= 0.3 is 6.09 Å². The first-order valence-corrected chi connectivity index (χ1v) is 9.41. The summed E-state index contributed by atoms with van der Waals surface area (Å²) >= 11 is 6.47. The Morgan fingerprint density at radius 2 is 2.08 bits per heavy atom. The van der Waals surface area contributed by atoms with Gasteiger partial charge in [-0.2, -0.15) is 0 Å². The highest BCUT2D eigenvalue weighted by atomic mass is 35.5. The smallest absolute Gasteiger partial charge is 0.408 e. The molecule has 0 spiro atoms. The van der Waals surface area contributed by atoms with Crippen molar-refractivity contribution in [1.29, 1.82) is 0 Å². The molecule has 3 rings (SSSR count). The first-order valence-electron chi connectivity index (χ1n) is 9.03. The Labute approximate surface area is 160 Å². The summed E-state index contributed by atoms with van der Waals surface area (Å²) in [6, 6.07) is 0. The number of allylic oxidation sites excluding steroid dienone is 8. The van der Waals surface area contributed by atoms with E-state index in [9.17, 15) is 4.79 Å². The van der Waals surface area contributed by atoms with Crippen molar-refractivity contribution >= 4 is 17.7 Å². The summed E-state index contributed by atoms with van der Waals surface area (Å²) in [4.78, 5) is 11.8. The zero-order valence-electron chi connectivity index (χ0n) is 15.8. The summed E-state index contributed by atoms with van der Waals surface area (Å²) in [5.74, 6) is 1.61. The Kier molecular flexibility index (Phi) is 5.33. The fourth-order valence-corrected chi connectivity index (χ4v) is 3.56. The molecule has 0 saturated carbocycles. The van der Waals surface area contributed by atoms with Crippen LogP contribution in [0.3, 0.4) is 0 Å². The van der Waals surface area contributed by atoms with Gasteiger partial charge in [-0.15, -0.1) is 0 Å². The first-order chi connectivity index (χ1) is 12.2. The highest BCUT2D eigenvalue weighted by Gasteiger charge is 2.31. The van der Waals surface area contributed by atoms with Crippen LogP contribution in [0.5, 0.6) is 0 Å². The van der Waals surface area contributed by atoms with Gasteiger partial charge in [0.1, 0.15) is 17.1 Å². The number of carbonyl (C=O) groups excluding carboxylic acids is 1. The van der Waals surface area contributed by atoms with E-state index in [1.165, 1.54) is 16.7 Å². The van der Waals surface area contributed by atoms with E-state index in [2.05, 4.69) is 24.4 Å². The molecule has 0 aromatic rings. The van der Waals surface area contributed by atoms with Crippen LogP contribution in [0, 0.1) is 5.92 Å².